The molecule has 4 nitrogen and oxygen atoms in total. The second kappa shape index (κ2) is 3.15. The van der Waals surface area contributed by atoms with Crippen LogP contribution in [0.5, 0.6) is 0 Å². The van der Waals surface area contributed by atoms with E-state index in [1.807, 2.05) is 11.8 Å². The lowest BCUT2D eigenvalue weighted by molar-refractivity contribution is -0.142. The van der Waals surface area contributed by atoms with E-state index in [0.717, 1.165) is 0 Å². The Morgan fingerprint density at radius 1 is 1.79 bits per heavy atom. The van der Waals surface area contributed by atoms with E-state index in [0.29, 0.717) is 24.9 Å². The van der Waals surface area contributed by atoms with Crippen LogP contribution in [0.3, 0.4) is 0 Å². The maximum absolute atomic E-state index is 11.1. The average Bonchev–Trinajstić information content (AvgIpc) is 2.37. The molecule has 0 radical (unpaired) electrons. The molecule has 0 aromatic carbocycles. The summed E-state index contributed by atoms with van der Waals surface area (Å²) in [6.07, 6.45) is 0.639. The fraction of sp³-hybridized carbons (Fsp3) is 0.778. The third kappa shape index (κ3) is 1.61. The first-order valence-electron chi connectivity index (χ1n) is 4.61. The second-order valence-corrected chi connectivity index (χ2v) is 5.79. The Morgan fingerprint density at radius 3 is 3.00 bits per heavy atom. The summed E-state index contributed by atoms with van der Waals surface area (Å²) >= 11 is 1.74. The summed E-state index contributed by atoms with van der Waals surface area (Å²) in [7, 11) is 0. The summed E-state index contributed by atoms with van der Waals surface area (Å²) < 4.78 is 4.88. The molecule has 2 aliphatic rings. The Balaban J connectivity index is 1.92. The molecule has 2 fully saturated rings. The molecule has 0 aromatic rings. The minimum atomic E-state index is -0.257. The smallest absolute Gasteiger partial charge is 0.302 e. The molecule has 0 bridgehead atoms. The van der Waals surface area contributed by atoms with Crippen LogP contribution in [0, 0.1) is 0 Å². The van der Waals surface area contributed by atoms with Crippen molar-refractivity contribution in [3.05, 3.63) is 0 Å². The van der Waals surface area contributed by atoms with Crippen molar-refractivity contribution in [3.8, 4) is 0 Å². The van der Waals surface area contributed by atoms with Gasteiger partial charge in [-0.15, -0.1) is 11.8 Å². The fourth-order valence-corrected chi connectivity index (χ4v) is 3.32. The predicted molar refractivity (Wildman–Crippen MR) is 52.7 cm³/mol. The van der Waals surface area contributed by atoms with Crippen LogP contribution in [0.15, 0.2) is 0 Å². The molecule has 2 rings (SSSR count). The first-order valence-corrected chi connectivity index (χ1v) is 5.49. The maximum atomic E-state index is 11.1. The van der Waals surface area contributed by atoms with Crippen LogP contribution >= 0.6 is 11.8 Å². The third-order valence-corrected chi connectivity index (χ3v) is 4.03. The van der Waals surface area contributed by atoms with Gasteiger partial charge >= 0.3 is 5.97 Å². The molecule has 0 saturated carbocycles. The van der Waals surface area contributed by atoms with Crippen LogP contribution in [-0.2, 0) is 14.3 Å². The number of esters is 1. The lowest BCUT2D eigenvalue weighted by Gasteiger charge is -2.32. The van der Waals surface area contributed by atoms with Gasteiger partial charge in [0.2, 0.25) is 5.91 Å². The molecular weight excluding hydrogens is 202 g/mol. The molecule has 78 valence electrons. The zero-order valence-electron chi connectivity index (χ0n) is 8.28. The number of hydrogen-bond acceptors (Lipinski definition) is 4. The van der Waals surface area contributed by atoms with Crippen LogP contribution in [0.2, 0.25) is 0 Å². The van der Waals surface area contributed by atoms with Gasteiger partial charge in [-0.05, 0) is 6.92 Å². The zero-order valence-corrected chi connectivity index (χ0v) is 9.10. The van der Waals surface area contributed by atoms with Gasteiger partial charge in [0, 0.05) is 13.5 Å². The van der Waals surface area contributed by atoms with Crippen molar-refractivity contribution in [2.75, 3.05) is 13.2 Å². The molecule has 0 aromatic heterocycles. The van der Waals surface area contributed by atoms with E-state index in [-0.39, 0.29) is 16.6 Å². The van der Waals surface area contributed by atoms with Crippen molar-refractivity contribution in [2.45, 2.75) is 30.4 Å². The van der Waals surface area contributed by atoms with Crippen molar-refractivity contribution < 1.29 is 14.3 Å². The van der Waals surface area contributed by atoms with Crippen molar-refractivity contribution >= 4 is 23.6 Å². The minimum absolute atomic E-state index is 0.109. The molecule has 1 amide bonds. The van der Waals surface area contributed by atoms with Gasteiger partial charge in [-0.3, -0.25) is 9.59 Å². The molecule has 2 heterocycles. The third-order valence-electron chi connectivity index (χ3n) is 2.52. The first kappa shape index (κ1) is 9.83. The highest BCUT2D eigenvalue weighted by Crippen LogP contribution is 2.46. The number of carbonyl (C=O) groups is 2. The van der Waals surface area contributed by atoms with Gasteiger partial charge in [0.1, 0.15) is 6.61 Å². The summed E-state index contributed by atoms with van der Waals surface area (Å²) in [5, 5.41) is 0.322. The van der Waals surface area contributed by atoms with Crippen molar-refractivity contribution in [3.63, 3.8) is 0 Å². The van der Waals surface area contributed by atoms with E-state index in [9.17, 15) is 9.59 Å². The highest BCUT2D eigenvalue weighted by Gasteiger charge is 2.50. The van der Waals surface area contributed by atoms with E-state index in [2.05, 4.69) is 0 Å². The summed E-state index contributed by atoms with van der Waals surface area (Å²) in [4.78, 5) is 23.7. The topological polar surface area (TPSA) is 46.6 Å². The Kier molecular flexibility index (Phi) is 2.21. The lowest BCUT2D eigenvalue weighted by atomic mass is 10.1. The van der Waals surface area contributed by atoms with Crippen LogP contribution in [0.1, 0.15) is 20.3 Å². The molecule has 14 heavy (non-hydrogen) atoms. The summed E-state index contributed by atoms with van der Waals surface area (Å²) in [6.45, 7) is 4.54. The van der Waals surface area contributed by atoms with Gasteiger partial charge in [0.05, 0.1) is 16.5 Å². The summed E-state index contributed by atoms with van der Waals surface area (Å²) in [5.41, 5.74) is 0. The lowest BCUT2D eigenvalue weighted by Crippen LogP contribution is -2.48. The highest BCUT2D eigenvalue weighted by molar-refractivity contribution is 8.01. The van der Waals surface area contributed by atoms with E-state index < -0.39 is 0 Å². The Hall–Kier alpha value is -0.710. The Labute approximate surface area is 87.0 Å². The van der Waals surface area contributed by atoms with Crippen molar-refractivity contribution in [2.24, 2.45) is 0 Å². The van der Waals surface area contributed by atoms with Crippen LogP contribution in [-0.4, -0.2) is 40.0 Å². The van der Waals surface area contributed by atoms with Crippen molar-refractivity contribution in [1.82, 2.24) is 4.90 Å². The first-order chi connectivity index (χ1) is 6.50. The molecule has 2 atom stereocenters. The number of rotatable bonds is 2. The molecule has 0 unspecified atom stereocenters. The van der Waals surface area contributed by atoms with Gasteiger partial charge < -0.3 is 9.64 Å². The standard InChI is InChI=1S/C9H13NO3S/c1-6(11)13-5-9(2)4-10-7(12)3-8(10)14-9/h8H,3-5H2,1-2H3/t8-,9-/m1/s1. The van der Waals surface area contributed by atoms with E-state index in [1.54, 1.807) is 11.8 Å². The zero-order chi connectivity index (χ0) is 10.3. The molecular formula is C9H13NO3S. The molecule has 0 spiro atoms. The second-order valence-electron chi connectivity index (χ2n) is 4.03. The van der Waals surface area contributed by atoms with Gasteiger partial charge in [-0.1, -0.05) is 0 Å². The average molecular weight is 215 g/mol. The number of amides is 1. The molecule has 5 heteroatoms. The maximum Gasteiger partial charge on any atom is 0.302 e. The monoisotopic (exact) mass is 215 g/mol. The normalized spacial score (nSPS) is 35.1. The molecule has 0 N–H and O–H groups in total. The number of fused-ring (bicyclic) bond motifs is 1. The molecule has 2 saturated heterocycles. The number of ether oxygens (including phenoxy) is 1. The van der Waals surface area contributed by atoms with Crippen LogP contribution in [0.4, 0.5) is 0 Å². The van der Waals surface area contributed by atoms with Crippen LogP contribution < -0.4 is 0 Å². The van der Waals surface area contributed by atoms with Gasteiger partial charge in [0.15, 0.2) is 0 Å². The van der Waals surface area contributed by atoms with E-state index >= 15 is 0 Å². The number of β-lactam (4-membered cyclic amide) rings is 1. The number of carbonyl (C=O) groups excluding carboxylic acids is 2. The summed E-state index contributed by atoms with van der Waals surface area (Å²) in [6, 6.07) is 0. The van der Waals surface area contributed by atoms with Gasteiger partial charge in [-0.25, -0.2) is 0 Å². The van der Waals surface area contributed by atoms with Crippen LogP contribution in [0.25, 0.3) is 0 Å². The molecule has 2 aliphatic heterocycles. The number of hydrogen-bond donors (Lipinski definition) is 0. The van der Waals surface area contributed by atoms with Gasteiger partial charge in [0.25, 0.3) is 0 Å². The quantitative estimate of drug-likeness (QED) is 0.500. The highest BCUT2D eigenvalue weighted by atomic mass is 32.2. The summed E-state index contributed by atoms with van der Waals surface area (Å²) in [5.74, 6) is -0.0403. The Morgan fingerprint density at radius 2 is 2.50 bits per heavy atom. The Bertz CT molecular complexity index is 294. The molecule has 0 aliphatic carbocycles. The predicted octanol–water partition coefficient (Wildman–Crippen LogP) is 0.613. The SMILES string of the molecule is CC(=O)OC[C@@]1(C)CN2C(=O)C[C@H]2S1. The van der Waals surface area contributed by atoms with E-state index in [1.165, 1.54) is 6.92 Å². The largest absolute Gasteiger partial charge is 0.464 e. The van der Waals surface area contributed by atoms with Crippen molar-refractivity contribution in [1.29, 1.82) is 0 Å². The number of nitrogens with zero attached hydrogens (tertiary/aromatic N) is 1. The van der Waals surface area contributed by atoms with Gasteiger partial charge in [-0.2, -0.15) is 0 Å². The fourth-order valence-electron chi connectivity index (χ4n) is 1.78. The van der Waals surface area contributed by atoms with E-state index in [4.69, 9.17) is 4.74 Å². The number of thioether (sulfide) groups is 1. The minimum Gasteiger partial charge on any atom is -0.464 e.